The second-order valence-corrected chi connectivity index (χ2v) is 4.76. The van der Waals surface area contributed by atoms with E-state index in [1.54, 1.807) is 6.07 Å². The van der Waals surface area contributed by atoms with E-state index in [1.165, 1.54) is 18.2 Å². The SMILES string of the molecule is O=C(Nc1nn[nH]n1)[C@@H]1C[C@@H]1c1ccccc1OC(F)(F)F. The summed E-state index contributed by atoms with van der Waals surface area (Å²) in [5.41, 5.74) is 0.355. The lowest BCUT2D eigenvalue weighted by Gasteiger charge is -2.12. The average Bonchev–Trinajstić information content (AvgIpc) is 3.08. The van der Waals surface area contributed by atoms with Crippen LogP contribution < -0.4 is 10.1 Å². The fourth-order valence-corrected chi connectivity index (χ4v) is 2.25. The monoisotopic (exact) mass is 313 g/mol. The Kier molecular flexibility index (Phi) is 3.43. The van der Waals surface area contributed by atoms with Crippen LogP contribution in [0.4, 0.5) is 19.1 Å². The molecule has 22 heavy (non-hydrogen) atoms. The summed E-state index contributed by atoms with van der Waals surface area (Å²) in [4.78, 5) is 12.0. The van der Waals surface area contributed by atoms with Crippen molar-refractivity contribution in [3.05, 3.63) is 29.8 Å². The van der Waals surface area contributed by atoms with Crippen molar-refractivity contribution < 1.29 is 22.7 Å². The number of halogens is 3. The number of nitrogens with one attached hydrogen (secondary N) is 2. The van der Waals surface area contributed by atoms with Crippen molar-refractivity contribution in [2.45, 2.75) is 18.7 Å². The number of amides is 1. The third-order valence-electron chi connectivity index (χ3n) is 3.25. The average molecular weight is 313 g/mol. The van der Waals surface area contributed by atoms with Crippen molar-refractivity contribution in [3.63, 3.8) is 0 Å². The summed E-state index contributed by atoms with van der Waals surface area (Å²) in [5, 5.41) is 15.1. The van der Waals surface area contributed by atoms with Crippen molar-refractivity contribution in [1.82, 2.24) is 20.6 Å². The first-order valence-electron chi connectivity index (χ1n) is 6.33. The van der Waals surface area contributed by atoms with Gasteiger partial charge in [0.05, 0.1) is 0 Å². The minimum absolute atomic E-state index is 0.0236. The van der Waals surface area contributed by atoms with E-state index < -0.39 is 12.3 Å². The molecule has 0 spiro atoms. The lowest BCUT2D eigenvalue weighted by Crippen LogP contribution is -2.18. The molecular weight excluding hydrogens is 303 g/mol. The van der Waals surface area contributed by atoms with E-state index >= 15 is 0 Å². The molecule has 10 heteroatoms. The van der Waals surface area contributed by atoms with Crippen molar-refractivity contribution in [2.24, 2.45) is 5.92 Å². The number of hydrogen-bond acceptors (Lipinski definition) is 5. The standard InChI is InChI=1S/C12H10F3N5O2/c13-12(14,15)22-9-4-2-1-3-6(9)7-5-8(7)10(21)16-11-17-19-20-18-11/h1-4,7-8H,5H2,(H2,16,17,18,19,20,21)/t7-,8-/m1/s1. The lowest BCUT2D eigenvalue weighted by molar-refractivity contribution is -0.274. The third kappa shape index (κ3) is 3.15. The molecule has 0 unspecified atom stereocenters. The zero-order valence-corrected chi connectivity index (χ0v) is 11.0. The molecule has 1 aromatic heterocycles. The van der Waals surface area contributed by atoms with Crippen molar-refractivity contribution in [2.75, 3.05) is 5.32 Å². The molecule has 7 nitrogen and oxygen atoms in total. The first kappa shape index (κ1) is 14.3. The number of alkyl halides is 3. The summed E-state index contributed by atoms with van der Waals surface area (Å²) >= 11 is 0. The smallest absolute Gasteiger partial charge is 0.405 e. The Bertz CT molecular complexity index is 674. The summed E-state index contributed by atoms with van der Waals surface area (Å²) in [5.74, 6) is -1.40. The van der Waals surface area contributed by atoms with Crippen molar-refractivity contribution in [1.29, 1.82) is 0 Å². The Hall–Kier alpha value is -2.65. The number of anilines is 1. The molecule has 1 heterocycles. The number of carbonyl (C=O) groups excluding carboxylic acids is 1. The fourth-order valence-electron chi connectivity index (χ4n) is 2.25. The van der Waals surface area contributed by atoms with Gasteiger partial charge in [-0.05, 0) is 29.2 Å². The molecule has 2 atom stereocenters. The highest BCUT2D eigenvalue weighted by Gasteiger charge is 2.46. The summed E-state index contributed by atoms with van der Waals surface area (Å²) < 4.78 is 41.2. The van der Waals surface area contributed by atoms with Gasteiger partial charge in [-0.1, -0.05) is 23.3 Å². The van der Waals surface area contributed by atoms with Crippen LogP contribution in [0.25, 0.3) is 0 Å². The Labute approximate surface area is 121 Å². The minimum Gasteiger partial charge on any atom is -0.405 e. The van der Waals surface area contributed by atoms with Crippen LogP contribution in [0.2, 0.25) is 0 Å². The zero-order chi connectivity index (χ0) is 15.7. The second-order valence-electron chi connectivity index (χ2n) is 4.76. The number of rotatable bonds is 4. The summed E-state index contributed by atoms with van der Waals surface area (Å²) in [7, 11) is 0. The predicted octanol–water partition coefficient (Wildman–Crippen LogP) is 1.84. The molecule has 0 aliphatic heterocycles. The lowest BCUT2D eigenvalue weighted by atomic mass is 10.1. The molecule has 0 saturated heterocycles. The van der Waals surface area contributed by atoms with E-state index in [2.05, 4.69) is 30.7 Å². The molecule has 1 amide bonds. The molecule has 2 N–H and O–H groups in total. The molecular formula is C12H10F3N5O2. The molecule has 1 aromatic carbocycles. The number of carbonyl (C=O) groups is 1. The third-order valence-corrected chi connectivity index (χ3v) is 3.25. The first-order chi connectivity index (χ1) is 10.4. The summed E-state index contributed by atoms with van der Waals surface area (Å²) in [6.07, 6.45) is -4.34. The molecule has 0 bridgehead atoms. The van der Waals surface area contributed by atoms with Gasteiger partial charge < -0.3 is 4.74 Å². The molecule has 1 aliphatic rings. The highest BCUT2D eigenvalue weighted by molar-refractivity contribution is 5.93. The number of benzene rings is 1. The fraction of sp³-hybridized carbons (Fsp3) is 0.333. The number of H-pyrrole nitrogens is 1. The van der Waals surface area contributed by atoms with Crippen LogP contribution in [0.1, 0.15) is 17.9 Å². The maximum Gasteiger partial charge on any atom is 0.573 e. The van der Waals surface area contributed by atoms with Crippen LogP contribution >= 0.6 is 0 Å². The molecule has 3 rings (SSSR count). The van der Waals surface area contributed by atoms with Crippen molar-refractivity contribution >= 4 is 11.9 Å². The molecule has 1 aliphatic carbocycles. The van der Waals surface area contributed by atoms with Gasteiger partial charge in [0.1, 0.15) is 5.75 Å². The Morgan fingerprint density at radius 3 is 2.82 bits per heavy atom. The Balaban J connectivity index is 1.70. The molecule has 1 saturated carbocycles. The van der Waals surface area contributed by atoms with Gasteiger partial charge >= 0.3 is 6.36 Å². The first-order valence-corrected chi connectivity index (χ1v) is 6.33. The number of tetrazole rings is 1. The van der Waals surface area contributed by atoms with E-state index in [1.807, 2.05) is 0 Å². The number of nitrogens with zero attached hydrogens (tertiary/aromatic N) is 3. The number of aromatic amines is 1. The van der Waals surface area contributed by atoms with Crippen LogP contribution in [0.3, 0.4) is 0 Å². The molecule has 116 valence electrons. The van der Waals surface area contributed by atoms with E-state index in [0.29, 0.717) is 12.0 Å². The summed E-state index contributed by atoms with van der Waals surface area (Å²) in [6.45, 7) is 0. The van der Waals surface area contributed by atoms with E-state index in [9.17, 15) is 18.0 Å². The van der Waals surface area contributed by atoms with E-state index in [-0.39, 0.29) is 23.5 Å². The van der Waals surface area contributed by atoms with Gasteiger partial charge in [-0.2, -0.15) is 5.21 Å². The molecule has 0 radical (unpaired) electrons. The number of aromatic nitrogens is 4. The minimum atomic E-state index is -4.77. The van der Waals surface area contributed by atoms with Gasteiger partial charge in [0, 0.05) is 5.92 Å². The number of hydrogen-bond donors (Lipinski definition) is 2. The van der Waals surface area contributed by atoms with E-state index in [4.69, 9.17) is 0 Å². The van der Waals surface area contributed by atoms with Gasteiger partial charge in [0.25, 0.3) is 5.95 Å². The Morgan fingerprint density at radius 1 is 1.36 bits per heavy atom. The highest BCUT2D eigenvalue weighted by Crippen LogP contribution is 2.51. The van der Waals surface area contributed by atoms with Crippen LogP contribution in [0.15, 0.2) is 24.3 Å². The Morgan fingerprint density at radius 2 is 2.14 bits per heavy atom. The van der Waals surface area contributed by atoms with Crippen molar-refractivity contribution in [3.8, 4) is 5.75 Å². The largest absolute Gasteiger partial charge is 0.573 e. The second kappa shape index (κ2) is 5.28. The normalized spacial score (nSPS) is 20.5. The topological polar surface area (TPSA) is 92.8 Å². The van der Waals surface area contributed by atoms with E-state index in [0.717, 1.165) is 0 Å². The van der Waals surface area contributed by atoms with Gasteiger partial charge in [-0.3, -0.25) is 10.1 Å². The molecule has 1 fully saturated rings. The predicted molar refractivity (Wildman–Crippen MR) is 66.8 cm³/mol. The number of ether oxygens (including phenoxy) is 1. The van der Waals surface area contributed by atoms with Gasteiger partial charge in [0.2, 0.25) is 5.91 Å². The van der Waals surface area contributed by atoms with Crippen LogP contribution in [0, 0.1) is 5.92 Å². The van der Waals surface area contributed by atoms with Gasteiger partial charge in [0.15, 0.2) is 0 Å². The van der Waals surface area contributed by atoms with Gasteiger partial charge in [-0.15, -0.1) is 18.3 Å². The highest BCUT2D eigenvalue weighted by atomic mass is 19.4. The quantitative estimate of drug-likeness (QED) is 0.898. The maximum atomic E-state index is 12.4. The van der Waals surface area contributed by atoms with Crippen LogP contribution in [-0.4, -0.2) is 32.9 Å². The van der Waals surface area contributed by atoms with Gasteiger partial charge in [-0.25, -0.2) is 0 Å². The zero-order valence-electron chi connectivity index (χ0n) is 11.0. The number of para-hydroxylation sites is 1. The van der Waals surface area contributed by atoms with Crippen LogP contribution in [-0.2, 0) is 4.79 Å². The van der Waals surface area contributed by atoms with Crippen LogP contribution in [0.5, 0.6) is 5.75 Å². The summed E-state index contributed by atoms with van der Waals surface area (Å²) in [6, 6.07) is 5.80. The maximum absolute atomic E-state index is 12.4. The molecule has 2 aromatic rings.